The van der Waals surface area contributed by atoms with Crippen LogP contribution in [0.5, 0.6) is 0 Å². The van der Waals surface area contributed by atoms with Crippen LogP contribution in [-0.2, 0) is 9.59 Å². The van der Waals surface area contributed by atoms with Gasteiger partial charge in [0.2, 0.25) is 5.91 Å². The molecule has 1 aliphatic rings. The Balaban J connectivity index is 2.50. The number of carbonyl (C=O) groups excluding carboxylic acids is 1. The number of hydrogen-bond acceptors (Lipinski definition) is 4. The van der Waals surface area contributed by atoms with E-state index in [1.54, 1.807) is 0 Å². The minimum absolute atomic E-state index is 0.126. The smallest absolute Gasteiger partial charge is 0.326 e. The average Bonchev–Trinajstić information content (AvgIpc) is 2.76. The van der Waals surface area contributed by atoms with Crippen LogP contribution in [-0.4, -0.2) is 52.2 Å². The number of amides is 1. The van der Waals surface area contributed by atoms with Gasteiger partial charge >= 0.3 is 5.97 Å². The summed E-state index contributed by atoms with van der Waals surface area (Å²) in [5.41, 5.74) is 5.51. The Morgan fingerprint density at radius 3 is 2.63 bits per heavy atom. The number of aliphatic hydroxyl groups excluding tert-OH is 1. The first-order valence-electron chi connectivity index (χ1n) is 6.90. The first-order chi connectivity index (χ1) is 8.99. The molecule has 0 bridgehead atoms. The van der Waals surface area contributed by atoms with E-state index in [1.165, 1.54) is 4.90 Å². The summed E-state index contributed by atoms with van der Waals surface area (Å²) >= 11 is 0. The molecular formula is C13H24N2O4. The van der Waals surface area contributed by atoms with Crippen molar-refractivity contribution in [1.82, 2.24) is 4.90 Å². The third kappa shape index (κ3) is 4.47. The van der Waals surface area contributed by atoms with Crippen molar-refractivity contribution in [3.8, 4) is 0 Å². The Morgan fingerprint density at radius 1 is 1.42 bits per heavy atom. The molecule has 1 rings (SSSR count). The van der Waals surface area contributed by atoms with Crippen LogP contribution in [0.3, 0.4) is 0 Å². The topological polar surface area (TPSA) is 104 Å². The summed E-state index contributed by atoms with van der Waals surface area (Å²) in [6.45, 7) is 2.79. The zero-order valence-corrected chi connectivity index (χ0v) is 11.4. The van der Waals surface area contributed by atoms with E-state index in [0.717, 1.165) is 19.3 Å². The molecule has 6 heteroatoms. The number of β-amino-alcohol motifs (C(OH)–C–C–N with tert-alkyl or cyclic N) is 1. The highest BCUT2D eigenvalue weighted by molar-refractivity contribution is 5.84. The van der Waals surface area contributed by atoms with Gasteiger partial charge < -0.3 is 20.8 Å². The maximum Gasteiger partial charge on any atom is 0.326 e. The predicted molar refractivity (Wildman–Crippen MR) is 70.4 cm³/mol. The van der Waals surface area contributed by atoms with Gasteiger partial charge in [0.1, 0.15) is 6.04 Å². The number of nitrogens with two attached hydrogens (primary N) is 1. The summed E-state index contributed by atoms with van der Waals surface area (Å²) in [6, 6.07) is -0.878. The number of carboxylic acid groups (broad SMARTS) is 1. The highest BCUT2D eigenvalue weighted by Gasteiger charge is 2.38. The van der Waals surface area contributed by atoms with Crippen LogP contribution >= 0.6 is 0 Å². The van der Waals surface area contributed by atoms with Crippen molar-refractivity contribution < 1.29 is 19.8 Å². The Labute approximate surface area is 113 Å². The van der Waals surface area contributed by atoms with Gasteiger partial charge in [-0.3, -0.25) is 4.79 Å². The Bertz CT molecular complexity index is 322. The van der Waals surface area contributed by atoms with Crippen LogP contribution in [0.2, 0.25) is 0 Å². The summed E-state index contributed by atoms with van der Waals surface area (Å²) in [6.07, 6.45) is 2.31. The lowest BCUT2D eigenvalue weighted by atomic mass is 9.96. The van der Waals surface area contributed by atoms with Gasteiger partial charge in [-0.1, -0.05) is 13.3 Å². The highest BCUT2D eigenvalue weighted by atomic mass is 16.4. The molecule has 1 amide bonds. The van der Waals surface area contributed by atoms with Crippen molar-refractivity contribution in [3.05, 3.63) is 0 Å². The lowest BCUT2D eigenvalue weighted by molar-refractivity contribution is -0.148. The fraction of sp³-hybridized carbons (Fsp3) is 0.846. The molecule has 1 heterocycles. The lowest BCUT2D eigenvalue weighted by Gasteiger charge is -2.22. The van der Waals surface area contributed by atoms with Crippen molar-refractivity contribution in [2.24, 2.45) is 11.7 Å². The summed E-state index contributed by atoms with van der Waals surface area (Å²) in [5, 5.41) is 18.5. The minimum atomic E-state index is -1.04. The zero-order valence-electron chi connectivity index (χ0n) is 11.4. The van der Waals surface area contributed by atoms with Gasteiger partial charge in [0.05, 0.1) is 6.10 Å². The van der Waals surface area contributed by atoms with E-state index in [9.17, 15) is 14.7 Å². The second kappa shape index (κ2) is 7.45. The third-order valence-corrected chi connectivity index (χ3v) is 3.80. The molecule has 3 atom stereocenters. The van der Waals surface area contributed by atoms with E-state index in [0.29, 0.717) is 18.9 Å². The number of likely N-dealkylation sites (tertiary alicyclic amines) is 1. The first kappa shape index (κ1) is 15.9. The van der Waals surface area contributed by atoms with Gasteiger partial charge in [-0.05, 0) is 25.3 Å². The van der Waals surface area contributed by atoms with Gasteiger partial charge in [-0.15, -0.1) is 0 Å². The van der Waals surface area contributed by atoms with Crippen LogP contribution in [0.1, 0.15) is 39.0 Å². The molecule has 0 radical (unpaired) electrons. The number of nitrogens with zero attached hydrogens (tertiary/aromatic N) is 1. The van der Waals surface area contributed by atoms with Gasteiger partial charge in [-0.25, -0.2) is 4.79 Å². The lowest BCUT2D eigenvalue weighted by Crippen LogP contribution is -2.40. The molecule has 0 saturated carbocycles. The number of aliphatic hydroxyl groups is 1. The van der Waals surface area contributed by atoms with Crippen molar-refractivity contribution in [2.75, 3.05) is 13.1 Å². The van der Waals surface area contributed by atoms with E-state index in [2.05, 4.69) is 6.92 Å². The fourth-order valence-corrected chi connectivity index (χ4v) is 2.58. The largest absolute Gasteiger partial charge is 0.480 e. The Morgan fingerprint density at radius 2 is 2.11 bits per heavy atom. The molecule has 110 valence electrons. The third-order valence-electron chi connectivity index (χ3n) is 3.80. The van der Waals surface area contributed by atoms with Crippen LogP contribution in [0.25, 0.3) is 0 Å². The molecule has 0 aliphatic carbocycles. The zero-order chi connectivity index (χ0) is 14.4. The van der Waals surface area contributed by atoms with E-state index in [1.807, 2.05) is 0 Å². The number of aliphatic carboxylic acids is 1. The van der Waals surface area contributed by atoms with Gasteiger partial charge in [0.15, 0.2) is 0 Å². The van der Waals surface area contributed by atoms with Gasteiger partial charge in [-0.2, -0.15) is 0 Å². The molecule has 1 saturated heterocycles. The van der Waals surface area contributed by atoms with E-state index >= 15 is 0 Å². The van der Waals surface area contributed by atoms with Crippen molar-refractivity contribution in [3.63, 3.8) is 0 Å². The van der Waals surface area contributed by atoms with E-state index in [4.69, 9.17) is 10.8 Å². The predicted octanol–water partition coefficient (Wildman–Crippen LogP) is 0.188. The highest BCUT2D eigenvalue weighted by Crippen LogP contribution is 2.21. The van der Waals surface area contributed by atoms with Gasteiger partial charge in [0, 0.05) is 19.4 Å². The average molecular weight is 272 g/mol. The van der Waals surface area contributed by atoms with Crippen molar-refractivity contribution >= 4 is 11.9 Å². The minimum Gasteiger partial charge on any atom is -0.480 e. The fourth-order valence-electron chi connectivity index (χ4n) is 2.58. The van der Waals surface area contributed by atoms with Crippen LogP contribution in [0.4, 0.5) is 0 Å². The molecule has 0 spiro atoms. The van der Waals surface area contributed by atoms with Crippen LogP contribution < -0.4 is 5.73 Å². The molecule has 0 aromatic carbocycles. The Kier molecular flexibility index (Phi) is 6.24. The van der Waals surface area contributed by atoms with Crippen LogP contribution in [0.15, 0.2) is 0 Å². The molecule has 4 N–H and O–H groups in total. The summed E-state index contributed by atoms with van der Waals surface area (Å²) in [7, 11) is 0. The molecule has 1 aliphatic heterocycles. The number of carboxylic acids is 1. The van der Waals surface area contributed by atoms with Crippen molar-refractivity contribution in [1.29, 1.82) is 0 Å². The molecule has 1 fully saturated rings. The Hall–Kier alpha value is -1.14. The van der Waals surface area contributed by atoms with Crippen LogP contribution in [0, 0.1) is 5.92 Å². The summed E-state index contributed by atoms with van der Waals surface area (Å²) in [4.78, 5) is 24.4. The monoisotopic (exact) mass is 272 g/mol. The molecule has 0 aromatic rings. The second-order valence-corrected chi connectivity index (χ2v) is 5.18. The normalized spacial score (nSPS) is 24.5. The van der Waals surface area contributed by atoms with E-state index in [-0.39, 0.29) is 18.9 Å². The molecule has 6 nitrogen and oxygen atoms in total. The van der Waals surface area contributed by atoms with Gasteiger partial charge in [0.25, 0.3) is 0 Å². The standard InChI is InChI=1S/C13H24N2O4/c1-2-9(5-6-14)3-4-12(17)15-8-10(16)7-11(15)13(18)19/h9-11,16H,2-8,14H2,1H3,(H,18,19)/t9?,10-,11-/m0/s1. The first-order valence-corrected chi connectivity index (χ1v) is 6.90. The molecule has 1 unspecified atom stereocenters. The SMILES string of the molecule is CCC(CCN)CCC(=O)N1C[C@@H](O)C[C@H]1C(=O)O. The maximum absolute atomic E-state index is 12.1. The number of rotatable bonds is 7. The van der Waals surface area contributed by atoms with Crippen molar-refractivity contribution in [2.45, 2.75) is 51.2 Å². The molecule has 0 aromatic heterocycles. The summed E-state index contributed by atoms with van der Waals surface area (Å²) in [5.74, 6) is -0.817. The van der Waals surface area contributed by atoms with E-state index < -0.39 is 18.1 Å². The maximum atomic E-state index is 12.1. The summed E-state index contributed by atoms with van der Waals surface area (Å²) < 4.78 is 0. The molecule has 19 heavy (non-hydrogen) atoms. The molecular weight excluding hydrogens is 248 g/mol. The second-order valence-electron chi connectivity index (χ2n) is 5.18. The number of hydrogen-bond donors (Lipinski definition) is 3. The quantitative estimate of drug-likeness (QED) is 0.613. The number of carbonyl (C=O) groups is 2.